The molecule has 1 aliphatic rings. The number of hydrogen-bond acceptors (Lipinski definition) is 6. The highest BCUT2D eigenvalue weighted by Gasteiger charge is 2.24. The number of likely N-dealkylation sites (N-methyl/N-ethyl adjacent to an activating group) is 1. The third-order valence-corrected chi connectivity index (χ3v) is 6.30. The molecule has 0 bridgehead atoms. The number of ether oxygens (including phenoxy) is 3. The molecule has 0 saturated carbocycles. The second-order valence-electron chi connectivity index (χ2n) is 6.38. The topological polar surface area (TPSA) is 77.1 Å². The van der Waals surface area contributed by atoms with Gasteiger partial charge in [0.05, 0.1) is 12.0 Å². The lowest BCUT2D eigenvalue weighted by atomic mass is 10.1. The summed E-state index contributed by atoms with van der Waals surface area (Å²) in [5.41, 5.74) is 1.03. The van der Waals surface area contributed by atoms with Crippen LogP contribution in [-0.2, 0) is 10.0 Å². The van der Waals surface area contributed by atoms with Gasteiger partial charge in [-0.15, -0.1) is 0 Å². The number of fused-ring (bicyclic) bond motifs is 1. The summed E-state index contributed by atoms with van der Waals surface area (Å²) in [7, 11) is -2.06. The van der Waals surface area contributed by atoms with E-state index in [1.165, 1.54) is 12.1 Å². The maximum atomic E-state index is 12.8. The summed E-state index contributed by atoms with van der Waals surface area (Å²) < 4.78 is 44.1. The van der Waals surface area contributed by atoms with Gasteiger partial charge in [-0.25, -0.2) is 13.1 Å². The van der Waals surface area contributed by atoms with E-state index in [9.17, 15) is 8.42 Å². The van der Waals surface area contributed by atoms with Gasteiger partial charge in [-0.2, -0.15) is 0 Å². The molecule has 0 fully saturated rings. The molecule has 0 radical (unpaired) electrons. The fourth-order valence-corrected chi connectivity index (χ4v) is 4.32. The summed E-state index contributed by atoms with van der Waals surface area (Å²) in [6.45, 7) is 6.09. The quantitative estimate of drug-likeness (QED) is 0.690. The zero-order valence-electron chi connectivity index (χ0n) is 16.3. The Kier molecular flexibility index (Phi) is 6.43. The molecule has 2 aromatic rings. The van der Waals surface area contributed by atoms with Gasteiger partial charge in [0, 0.05) is 18.7 Å². The lowest BCUT2D eigenvalue weighted by molar-refractivity contribution is 0.174. The van der Waals surface area contributed by atoms with Gasteiger partial charge in [0.1, 0.15) is 5.75 Å². The Bertz CT molecular complexity index is 895. The fourth-order valence-electron chi connectivity index (χ4n) is 3.26. The van der Waals surface area contributed by atoms with Crippen molar-refractivity contribution >= 4 is 10.0 Å². The fraction of sp³-hybridized carbons (Fsp3) is 0.400. The van der Waals surface area contributed by atoms with E-state index >= 15 is 0 Å². The van der Waals surface area contributed by atoms with Crippen LogP contribution in [-0.4, -0.2) is 46.9 Å². The zero-order chi connectivity index (χ0) is 20.1. The van der Waals surface area contributed by atoms with Crippen molar-refractivity contribution in [3.63, 3.8) is 0 Å². The van der Waals surface area contributed by atoms with E-state index in [-0.39, 0.29) is 24.3 Å². The predicted octanol–water partition coefficient (Wildman–Crippen LogP) is 2.79. The first kappa shape index (κ1) is 20.4. The largest absolute Gasteiger partial charge is 0.497 e. The Labute approximate surface area is 166 Å². The average molecular weight is 407 g/mol. The SMILES string of the molecule is CCN(CC)[C@@H](CNS(=O)(=O)c1ccc2c(c1)OCO2)c1ccc(OC)cc1. The Hall–Kier alpha value is -2.29. The van der Waals surface area contributed by atoms with Crippen molar-refractivity contribution in [3.05, 3.63) is 48.0 Å². The van der Waals surface area contributed by atoms with E-state index in [4.69, 9.17) is 14.2 Å². The van der Waals surface area contributed by atoms with E-state index < -0.39 is 10.0 Å². The first-order valence-corrected chi connectivity index (χ1v) is 10.7. The van der Waals surface area contributed by atoms with Crippen LogP contribution in [0.1, 0.15) is 25.5 Å². The summed E-state index contributed by atoms with van der Waals surface area (Å²) in [5, 5.41) is 0. The highest BCUT2D eigenvalue weighted by atomic mass is 32.2. The molecule has 2 aromatic carbocycles. The second-order valence-corrected chi connectivity index (χ2v) is 8.14. The number of hydrogen-bond donors (Lipinski definition) is 1. The second kappa shape index (κ2) is 8.81. The van der Waals surface area contributed by atoms with Crippen LogP contribution in [0.3, 0.4) is 0 Å². The lowest BCUT2D eigenvalue weighted by Gasteiger charge is -2.30. The third kappa shape index (κ3) is 4.40. The van der Waals surface area contributed by atoms with Crippen LogP contribution in [0.25, 0.3) is 0 Å². The van der Waals surface area contributed by atoms with Crippen LogP contribution in [0.5, 0.6) is 17.2 Å². The minimum Gasteiger partial charge on any atom is -0.497 e. The minimum absolute atomic E-state index is 0.0929. The van der Waals surface area contributed by atoms with E-state index in [0.29, 0.717) is 11.5 Å². The molecule has 0 saturated heterocycles. The van der Waals surface area contributed by atoms with Crippen LogP contribution in [0.2, 0.25) is 0 Å². The maximum Gasteiger partial charge on any atom is 0.240 e. The number of benzene rings is 2. The normalized spacial score (nSPS) is 14.3. The molecule has 0 aliphatic carbocycles. The van der Waals surface area contributed by atoms with E-state index in [1.807, 2.05) is 24.3 Å². The van der Waals surface area contributed by atoms with Crippen LogP contribution in [0.4, 0.5) is 0 Å². The van der Waals surface area contributed by atoms with Crippen LogP contribution in [0, 0.1) is 0 Å². The molecule has 0 amide bonds. The van der Waals surface area contributed by atoms with Gasteiger partial charge in [-0.1, -0.05) is 26.0 Å². The highest BCUT2D eigenvalue weighted by molar-refractivity contribution is 7.89. The molecular weight excluding hydrogens is 380 g/mol. The van der Waals surface area contributed by atoms with Gasteiger partial charge >= 0.3 is 0 Å². The molecule has 1 aliphatic heterocycles. The molecule has 8 heteroatoms. The summed E-state index contributed by atoms with van der Waals surface area (Å²) in [5.74, 6) is 1.76. The number of methoxy groups -OCH3 is 1. The van der Waals surface area contributed by atoms with Gasteiger partial charge in [0.15, 0.2) is 11.5 Å². The molecule has 3 rings (SSSR count). The molecule has 1 heterocycles. The molecule has 152 valence electrons. The Morgan fingerprint density at radius 1 is 1.07 bits per heavy atom. The highest BCUT2D eigenvalue weighted by Crippen LogP contribution is 2.34. The number of nitrogens with one attached hydrogen (secondary N) is 1. The van der Waals surface area contributed by atoms with Crippen molar-refractivity contribution in [1.82, 2.24) is 9.62 Å². The van der Waals surface area contributed by atoms with Crippen molar-refractivity contribution in [3.8, 4) is 17.2 Å². The molecule has 0 spiro atoms. The van der Waals surface area contributed by atoms with Gasteiger partial charge < -0.3 is 14.2 Å². The standard InChI is InChI=1S/C20H26N2O5S/c1-4-22(5-2)18(15-6-8-16(25-3)9-7-15)13-21-28(23,24)17-10-11-19-20(12-17)27-14-26-19/h6-12,18,21H,4-5,13-14H2,1-3H3/t18-/m0/s1. The number of nitrogens with zero attached hydrogens (tertiary/aromatic N) is 1. The Balaban J connectivity index is 1.80. The Morgan fingerprint density at radius 3 is 2.39 bits per heavy atom. The Morgan fingerprint density at radius 2 is 1.75 bits per heavy atom. The third-order valence-electron chi connectivity index (χ3n) is 4.87. The monoisotopic (exact) mass is 406 g/mol. The molecule has 0 aromatic heterocycles. The molecular formula is C20H26N2O5S. The predicted molar refractivity (Wildman–Crippen MR) is 106 cm³/mol. The van der Waals surface area contributed by atoms with E-state index in [2.05, 4.69) is 23.5 Å². The zero-order valence-corrected chi connectivity index (χ0v) is 17.2. The summed E-state index contributed by atoms with van der Waals surface area (Å²) in [6, 6.07) is 12.2. The van der Waals surface area contributed by atoms with Crippen molar-refractivity contribution in [1.29, 1.82) is 0 Å². The minimum atomic E-state index is -3.68. The van der Waals surface area contributed by atoms with Crippen molar-refractivity contribution in [2.45, 2.75) is 24.8 Å². The average Bonchev–Trinajstić information content (AvgIpc) is 3.19. The van der Waals surface area contributed by atoms with E-state index in [1.54, 1.807) is 13.2 Å². The first-order valence-electron chi connectivity index (χ1n) is 9.25. The van der Waals surface area contributed by atoms with Crippen molar-refractivity contribution in [2.75, 3.05) is 33.5 Å². The van der Waals surface area contributed by atoms with Crippen LogP contribution < -0.4 is 18.9 Å². The summed E-state index contributed by atoms with van der Waals surface area (Å²) in [6.07, 6.45) is 0. The number of rotatable bonds is 9. The maximum absolute atomic E-state index is 12.8. The van der Waals surface area contributed by atoms with Gasteiger partial charge in [-0.3, -0.25) is 4.90 Å². The van der Waals surface area contributed by atoms with Crippen molar-refractivity contribution in [2.24, 2.45) is 0 Å². The van der Waals surface area contributed by atoms with Crippen molar-refractivity contribution < 1.29 is 22.6 Å². The first-order chi connectivity index (χ1) is 13.5. The molecule has 0 unspecified atom stereocenters. The summed E-state index contributed by atoms with van der Waals surface area (Å²) in [4.78, 5) is 2.37. The molecule has 7 nitrogen and oxygen atoms in total. The number of sulfonamides is 1. The van der Waals surface area contributed by atoms with Crippen LogP contribution in [0.15, 0.2) is 47.4 Å². The molecule has 1 N–H and O–H groups in total. The molecule has 28 heavy (non-hydrogen) atoms. The lowest BCUT2D eigenvalue weighted by Crippen LogP contribution is -2.38. The van der Waals surface area contributed by atoms with Crippen LogP contribution >= 0.6 is 0 Å². The summed E-state index contributed by atoms with van der Waals surface area (Å²) >= 11 is 0. The van der Waals surface area contributed by atoms with Gasteiger partial charge in [-0.05, 0) is 42.9 Å². The molecule has 1 atom stereocenters. The van der Waals surface area contributed by atoms with Gasteiger partial charge in [0.2, 0.25) is 16.8 Å². The smallest absolute Gasteiger partial charge is 0.240 e. The van der Waals surface area contributed by atoms with Gasteiger partial charge in [0.25, 0.3) is 0 Å². The van der Waals surface area contributed by atoms with E-state index in [0.717, 1.165) is 24.4 Å².